The maximum absolute atomic E-state index is 5.46. The molecule has 1 heterocycles. The SMILES string of the molecule is CNC(CN(C)Cc1cccnc1)c1ccccc1OC. The minimum Gasteiger partial charge on any atom is -0.496 e. The van der Waals surface area contributed by atoms with Crippen LogP contribution in [0, 0.1) is 0 Å². The molecule has 0 radical (unpaired) electrons. The summed E-state index contributed by atoms with van der Waals surface area (Å²) in [6.45, 7) is 1.77. The van der Waals surface area contributed by atoms with Gasteiger partial charge in [0.05, 0.1) is 7.11 Å². The van der Waals surface area contributed by atoms with Crippen molar-refractivity contribution in [2.45, 2.75) is 12.6 Å². The summed E-state index contributed by atoms with van der Waals surface area (Å²) in [6, 6.07) is 12.4. The number of rotatable bonds is 7. The largest absolute Gasteiger partial charge is 0.496 e. The Morgan fingerprint density at radius 3 is 2.71 bits per heavy atom. The third kappa shape index (κ3) is 4.28. The second-order valence-corrected chi connectivity index (χ2v) is 5.14. The van der Waals surface area contributed by atoms with E-state index in [2.05, 4.69) is 34.4 Å². The van der Waals surface area contributed by atoms with E-state index < -0.39 is 0 Å². The van der Waals surface area contributed by atoms with Crippen LogP contribution in [0.2, 0.25) is 0 Å². The first-order valence-electron chi connectivity index (χ1n) is 7.12. The predicted octanol–water partition coefficient (Wildman–Crippen LogP) is 2.48. The number of nitrogens with zero attached hydrogens (tertiary/aromatic N) is 2. The van der Waals surface area contributed by atoms with Gasteiger partial charge in [0.2, 0.25) is 0 Å². The molecule has 1 atom stereocenters. The van der Waals surface area contributed by atoms with Crippen LogP contribution in [-0.2, 0) is 6.54 Å². The maximum atomic E-state index is 5.46. The first-order chi connectivity index (χ1) is 10.2. The minimum atomic E-state index is 0.225. The lowest BCUT2D eigenvalue weighted by Gasteiger charge is -2.25. The average molecular weight is 285 g/mol. The molecule has 112 valence electrons. The van der Waals surface area contributed by atoms with Crippen molar-refractivity contribution >= 4 is 0 Å². The van der Waals surface area contributed by atoms with Crippen molar-refractivity contribution in [3.8, 4) is 5.75 Å². The number of methoxy groups -OCH3 is 1. The number of nitrogens with one attached hydrogen (secondary N) is 1. The zero-order chi connectivity index (χ0) is 15.1. The third-order valence-corrected chi connectivity index (χ3v) is 3.53. The molecule has 1 aromatic carbocycles. The molecule has 4 heteroatoms. The van der Waals surface area contributed by atoms with Crippen LogP contribution in [0.1, 0.15) is 17.2 Å². The first kappa shape index (κ1) is 15.5. The van der Waals surface area contributed by atoms with Gasteiger partial charge in [-0.2, -0.15) is 0 Å². The molecule has 0 bridgehead atoms. The number of ether oxygens (including phenoxy) is 1. The van der Waals surface area contributed by atoms with Crippen molar-refractivity contribution in [1.82, 2.24) is 15.2 Å². The van der Waals surface area contributed by atoms with Gasteiger partial charge in [-0.1, -0.05) is 24.3 Å². The fourth-order valence-electron chi connectivity index (χ4n) is 2.48. The Hall–Kier alpha value is -1.91. The number of pyridine rings is 1. The van der Waals surface area contributed by atoms with Crippen molar-refractivity contribution in [2.75, 3.05) is 27.7 Å². The highest BCUT2D eigenvalue weighted by Crippen LogP contribution is 2.25. The van der Waals surface area contributed by atoms with E-state index in [4.69, 9.17) is 4.74 Å². The van der Waals surface area contributed by atoms with Crippen LogP contribution in [0.5, 0.6) is 5.75 Å². The number of para-hydroxylation sites is 1. The minimum absolute atomic E-state index is 0.225. The van der Waals surface area contributed by atoms with Crippen LogP contribution >= 0.6 is 0 Å². The number of likely N-dealkylation sites (N-methyl/N-ethyl adjacent to an activating group) is 2. The highest BCUT2D eigenvalue weighted by Gasteiger charge is 2.16. The van der Waals surface area contributed by atoms with Crippen LogP contribution in [0.3, 0.4) is 0 Å². The number of hydrogen-bond donors (Lipinski definition) is 1. The molecule has 1 aromatic heterocycles. The first-order valence-corrected chi connectivity index (χ1v) is 7.12. The van der Waals surface area contributed by atoms with Gasteiger partial charge in [0.1, 0.15) is 5.75 Å². The smallest absolute Gasteiger partial charge is 0.123 e. The Labute approximate surface area is 126 Å². The normalized spacial score (nSPS) is 12.4. The second-order valence-electron chi connectivity index (χ2n) is 5.14. The van der Waals surface area contributed by atoms with Gasteiger partial charge < -0.3 is 15.0 Å². The molecule has 0 aliphatic carbocycles. The van der Waals surface area contributed by atoms with Gasteiger partial charge >= 0.3 is 0 Å². The molecule has 0 saturated heterocycles. The summed E-state index contributed by atoms with van der Waals surface area (Å²) in [6.07, 6.45) is 3.71. The summed E-state index contributed by atoms with van der Waals surface area (Å²) in [5.41, 5.74) is 2.40. The molecule has 2 rings (SSSR count). The molecule has 21 heavy (non-hydrogen) atoms. The Morgan fingerprint density at radius 2 is 2.05 bits per heavy atom. The highest BCUT2D eigenvalue weighted by molar-refractivity contribution is 5.36. The van der Waals surface area contributed by atoms with Gasteiger partial charge in [0.15, 0.2) is 0 Å². The molecule has 0 aliphatic rings. The monoisotopic (exact) mass is 285 g/mol. The topological polar surface area (TPSA) is 37.4 Å². The molecular formula is C17H23N3O. The standard InChI is InChI=1S/C17H23N3O/c1-18-16(15-8-4-5-9-17(15)21-3)13-20(2)12-14-7-6-10-19-11-14/h4-11,16,18H,12-13H2,1-3H3. The van der Waals surface area contributed by atoms with Crippen LogP contribution in [-0.4, -0.2) is 37.6 Å². The molecule has 1 unspecified atom stereocenters. The quantitative estimate of drug-likeness (QED) is 0.848. The van der Waals surface area contributed by atoms with Crippen molar-refractivity contribution in [3.05, 3.63) is 59.9 Å². The molecular weight excluding hydrogens is 262 g/mol. The van der Waals surface area contributed by atoms with Crippen LogP contribution in [0.15, 0.2) is 48.8 Å². The lowest BCUT2D eigenvalue weighted by molar-refractivity contribution is 0.285. The maximum Gasteiger partial charge on any atom is 0.123 e. The zero-order valence-corrected chi connectivity index (χ0v) is 12.9. The number of benzene rings is 1. The van der Waals surface area contributed by atoms with Gasteiger partial charge in [0.25, 0.3) is 0 Å². The lowest BCUT2D eigenvalue weighted by atomic mass is 10.1. The van der Waals surface area contributed by atoms with Crippen LogP contribution < -0.4 is 10.1 Å². The number of hydrogen-bond acceptors (Lipinski definition) is 4. The van der Waals surface area contributed by atoms with E-state index in [1.54, 1.807) is 13.3 Å². The molecule has 0 fully saturated rings. The molecule has 0 aliphatic heterocycles. The summed E-state index contributed by atoms with van der Waals surface area (Å²) in [5, 5.41) is 3.37. The van der Waals surface area contributed by atoms with Gasteiger partial charge in [-0.15, -0.1) is 0 Å². The summed E-state index contributed by atoms with van der Waals surface area (Å²) in [5.74, 6) is 0.923. The predicted molar refractivity (Wildman–Crippen MR) is 85.4 cm³/mol. The van der Waals surface area contributed by atoms with Gasteiger partial charge in [0, 0.05) is 37.1 Å². The van der Waals surface area contributed by atoms with E-state index in [-0.39, 0.29) is 6.04 Å². The fraction of sp³-hybridized carbons (Fsp3) is 0.353. The summed E-state index contributed by atoms with van der Waals surface area (Å²) in [4.78, 5) is 6.44. The molecule has 1 N–H and O–H groups in total. The van der Waals surface area contributed by atoms with E-state index in [0.717, 1.165) is 18.8 Å². The zero-order valence-electron chi connectivity index (χ0n) is 12.9. The highest BCUT2D eigenvalue weighted by atomic mass is 16.5. The van der Waals surface area contributed by atoms with E-state index in [1.807, 2.05) is 37.5 Å². The van der Waals surface area contributed by atoms with Crippen molar-refractivity contribution in [2.24, 2.45) is 0 Å². The Bertz CT molecular complexity index is 545. The number of aromatic nitrogens is 1. The summed E-state index contributed by atoms with van der Waals surface area (Å²) >= 11 is 0. The van der Waals surface area contributed by atoms with Crippen molar-refractivity contribution in [3.63, 3.8) is 0 Å². The van der Waals surface area contributed by atoms with Gasteiger partial charge in [-0.05, 0) is 31.8 Å². The molecule has 4 nitrogen and oxygen atoms in total. The van der Waals surface area contributed by atoms with E-state index in [1.165, 1.54) is 11.1 Å². The Kier molecular flexibility index (Phi) is 5.72. The molecule has 0 spiro atoms. The molecule has 0 amide bonds. The van der Waals surface area contributed by atoms with Crippen LogP contribution in [0.4, 0.5) is 0 Å². The molecule has 0 saturated carbocycles. The Balaban J connectivity index is 2.05. The second kappa shape index (κ2) is 7.76. The van der Waals surface area contributed by atoms with E-state index >= 15 is 0 Å². The van der Waals surface area contributed by atoms with Gasteiger partial charge in [-0.25, -0.2) is 0 Å². The summed E-state index contributed by atoms with van der Waals surface area (Å²) < 4.78 is 5.46. The van der Waals surface area contributed by atoms with Crippen molar-refractivity contribution < 1.29 is 4.74 Å². The summed E-state index contributed by atoms with van der Waals surface area (Å²) in [7, 11) is 5.81. The average Bonchev–Trinajstić information content (AvgIpc) is 2.53. The third-order valence-electron chi connectivity index (χ3n) is 3.53. The molecule has 2 aromatic rings. The van der Waals surface area contributed by atoms with Crippen molar-refractivity contribution in [1.29, 1.82) is 0 Å². The van der Waals surface area contributed by atoms with E-state index in [0.29, 0.717) is 0 Å². The van der Waals surface area contributed by atoms with E-state index in [9.17, 15) is 0 Å². The van der Waals surface area contributed by atoms with Crippen LogP contribution in [0.25, 0.3) is 0 Å². The fourth-order valence-corrected chi connectivity index (χ4v) is 2.48. The Morgan fingerprint density at radius 1 is 1.24 bits per heavy atom. The lowest BCUT2D eigenvalue weighted by Crippen LogP contribution is -2.31. The van der Waals surface area contributed by atoms with Gasteiger partial charge in [-0.3, -0.25) is 4.98 Å².